The van der Waals surface area contributed by atoms with Crippen LogP contribution in [0.25, 0.3) is 0 Å². The summed E-state index contributed by atoms with van der Waals surface area (Å²) in [7, 11) is 0. The topological polar surface area (TPSA) is 50.2 Å². The summed E-state index contributed by atoms with van der Waals surface area (Å²) < 4.78 is 25.2. The van der Waals surface area contributed by atoms with E-state index >= 15 is 0 Å². The van der Waals surface area contributed by atoms with Gasteiger partial charge in [0.2, 0.25) is 0 Å². The van der Waals surface area contributed by atoms with E-state index in [2.05, 4.69) is 4.98 Å². The highest BCUT2D eigenvalue weighted by molar-refractivity contribution is 7.09. The molecule has 0 unspecified atom stereocenters. The van der Waals surface area contributed by atoms with Gasteiger partial charge in [0, 0.05) is 12.3 Å². The molecule has 3 nitrogen and oxygen atoms in total. The molecule has 1 N–H and O–H groups in total. The third-order valence-corrected chi connectivity index (χ3v) is 2.15. The number of alkyl halides is 2. The van der Waals surface area contributed by atoms with E-state index in [-0.39, 0.29) is 17.1 Å². The van der Waals surface area contributed by atoms with Crippen LogP contribution in [-0.2, 0) is 17.1 Å². The fourth-order valence-corrected chi connectivity index (χ4v) is 1.59. The lowest BCUT2D eigenvalue weighted by Gasteiger charge is -2.04. The molecule has 0 saturated heterocycles. The predicted molar refractivity (Wildman–Crippen MR) is 43.0 cm³/mol. The molecule has 1 aromatic rings. The third-order valence-electron chi connectivity index (χ3n) is 1.30. The zero-order chi connectivity index (χ0) is 10.1. The monoisotopic (exact) mass is 207 g/mol. The van der Waals surface area contributed by atoms with E-state index in [1.807, 2.05) is 0 Å². The molecule has 6 heteroatoms. The van der Waals surface area contributed by atoms with Crippen LogP contribution in [0.15, 0.2) is 5.38 Å². The Hall–Kier alpha value is -1.04. The lowest BCUT2D eigenvalue weighted by molar-refractivity contribution is -0.136. The van der Waals surface area contributed by atoms with Gasteiger partial charge in [-0.3, -0.25) is 4.79 Å². The van der Waals surface area contributed by atoms with Gasteiger partial charge in [-0.2, -0.15) is 8.78 Å². The minimum atomic E-state index is -2.99. The third kappa shape index (κ3) is 2.73. The van der Waals surface area contributed by atoms with Crippen LogP contribution >= 0.6 is 11.3 Å². The molecule has 0 saturated carbocycles. The summed E-state index contributed by atoms with van der Waals surface area (Å²) in [6.45, 7) is 0.729. The molecule has 1 aromatic heterocycles. The van der Waals surface area contributed by atoms with E-state index in [1.165, 1.54) is 5.38 Å². The van der Waals surface area contributed by atoms with E-state index in [0.29, 0.717) is 0 Å². The number of aromatic nitrogens is 1. The van der Waals surface area contributed by atoms with E-state index < -0.39 is 11.9 Å². The highest BCUT2D eigenvalue weighted by Crippen LogP contribution is 2.27. The molecule has 0 aliphatic carbocycles. The quantitative estimate of drug-likeness (QED) is 0.823. The molecular weight excluding hydrogens is 200 g/mol. The highest BCUT2D eigenvalue weighted by atomic mass is 32.1. The molecule has 13 heavy (non-hydrogen) atoms. The van der Waals surface area contributed by atoms with Crippen LogP contribution in [0.1, 0.15) is 17.6 Å². The van der Waals surface area contributed by atoms with Gasteiger partial charge in [0.15, 0.2) is 0 Å². The number of hydrogen-bond donors (Lipinski definition) is 1. The summed E-state index contributed by atoms with van der Waals surface area (Å²) in [5.41, 5.74) is -0.367. The molecule has 1 rings (SSSR count). The maximum Gasteiger partial charge on any atom is 0.310 e. The second-order valence-corrected chi connectivity index (χ2v) is 3.53. The minimum absolute atomic E-state index is 0.198. The Morgan fingerprint density at radius 3 is 2.77 bits per heavy atom. The Kier molecular flexibility index (Phi) is 2.60. The zero-order valence-corrected chi connectivity index (χ0v) is 7.57. The summed E-state index contributed by atoms with van der Waals surface area (Å²) in [4.78, 5) is 13.7. The van der Waals surface area contributed by atoms with Crippen molar-refractivity contribution in [3.63, 3.8) is 0 Å². The van der Waals surface area contributed by atoms with E-state index in [0.717, 1.165) is 18.3 Å². The van der Waals surface area contributed by atoms with Crippen molar-refractivity contribution in [2.75, 3.05) is 0 Å². The first-order chi connectivity index (χ1) is 5.89. The first kappa shape index (κ1) is 10.0. The van der Waals surface area contributed by atoms with Crippen LogP contribution in [0.5, 0.6) is 0 Å². The highest BCUT2D eigenvalue weighted by Gasteiger charge is 2.27. The standard InChI is InChI=1S/C7H7F2NO2S/c1-7(8,9)4-3-13-5(10-4)2-6(11)12/h3H,2H2,1H3,(H,11,12). The maximum atomic E-state index is 12.6. The zero-order valence-electron chi connectivity index (χ0n) is 6.75. The first-order valence-corrected chi connectivity index (χ1v) is 4.32. The van der Waals surface area contributed by atoms with Crippen molar-refractivity contribution in [3.8, 4) is 0 Å². The second-order valence-electron chi connectivity index (χ2n) is 2.59. The van der Waals surface area contributed by atoms with Gasteiger partial charge in [0.25, 0.3) is 5.92 Å². The Morgan fingerprint density at radius 1 is 1.77 bits per heavy atom. The van der Waals surface area contributed by atoms with Crippen molar-refractivity contribution < 1.29 is 18.7 Å². The second kappa shape index (κ2) is 3.37. The molecule has 0 bridgehead atoms. The van der Waals surface area contributed by atoms with Crippen LogP contribution < -0.4 is 0 Å². The van der Waals surface area contributed by atoms with E-state index in [4.69, 9.17) is 5.11 Å². The van der Waals surface area contributed by atoms with Crippen molar-refractivity contribution in [2.24, 2.45) is 0 Å². The van der Waals surface area contributed by atoms with Crippen molar-refractivity contribution in [1.82, 2.24) is 4.98 Å². The molecule has 0 aromatic carbocycles. The van der Waals surface area contributed by atoms with Crippen LogP contribution in [0.4, 0.5) is 8.78 Å². The van der Waals surface area contributed by atoms with E-state index in [9.17, 15) is 13.6 Å². The Balaban J connectivity index is 2.81. The average molecular weight is 207 g/mol. The van der Waals surface area contributed by atoms with Crippen LogP contribution in [-0.4, -0.2) is 16.1 Å². The number of carboxylic acid groups (broad SMARTS) is 1. The molecule has 0 radical (unpaired) electrons. The largest absolute Gasteiger partial charge is 0.481 e. The van der Waals surface area contributed by atoms with Crippen LogP contribution in [0.2, 0.25) is 0 Å². The molecule has 0 amide bonds. The molecule has 0 atom stereocenters. The number of halogens is 2. The first-order valence-electron chi connectivity index (χ1n) is 3.44. The molecule has 72 valence electrons. The van der Waals surface area contributed by atoms with Gasteiger partial charge in [0.05, 0.1) is 6.42 Å². The van der Waals surface area contributed by atoms with Gasteiger partial charge in [-0.05, 0) is 0 Å². The summed E-state index contributed by atoms with van der Waals surface area (Å²) in [5.74, 6) is -4.06. The number of thiazole rings is 1. The number of nitrogens with zero attached hydrogens (tertiary/aromatic N) is 1. The molecule has 0 aliphatic heterocycles. The number of carboxylic acids is 1. The minimum Gasteiger partial charge on any atom is -0.481 e. The molecule has 0 aliphatic rings. The van der Waals surface area contributed by atoms with Crippen molar-refractivity contribution in [3.05, 3.63) is 16.1 Å². The molecule has 0 fully saturated rings. The van der Waals surface area contributed by atoms with Gasteiger partial charge >= 0.3 is 5.97 Å². The number of aliphatic carboxylic acids is 1. The summed E-state index contributed by atoms with van der Waals surface area (Å²) in [5, 5.41) is 9.74. The van der Waals surface area contributed by atoms with Crippen molar-refractivity contribution >= 4 is 17.3 Å². The number of hydrogen-bond acceptors (Lipinski definition) is 3. The molecular formula is C7H7F2NO2S. The Morgan fingerprint density at radius 2 is 2.38 bits per heavy atom. The normalized spacial score (nSPS) is 11.6. The van der Waals surface area contributed by atoms with Gasteiger partial charge in [0.1, 0.15) is 10.7 Å². The lowest BCUT2D eigenvalue weighted by Crippen LogP contribution is -2.08. The number of rotatable bonds is 3. The Labute approximate surface area is 77.0 Å². The van der Waals surface area contributed by atoms with E-state index in [1.54, 1.807) is 0 Å². The maximum absolute atomic E-state index is 12.6. The molecule has 1 heterocycles. The predicted octanol–water partition coefficient (Wildman–Crippen LogP) is 1.88. The van der Waals surface area contributed by atoms with Crippen LogP contribution in [0.3, 0.4) is 0 Å². The van der Waals surface area contributed by atoms with Gasteiger partial charge < -0.3 is 5.11 Å². The van der Waals surface area contributed by atoms with Gasteiger partial charge in [-0.1, -0.05) is 0 Å². The van der Waals surface area contributed by atoms with Crippen molar-refractivity contribution in [2.45, 2.75) is 19.3 Å². The van der Waals surface area contributed by atoms with Crippen LogP contribution in [0, 0.1) is 0 Å². The fourth-order valence-electron chi connectivity index (χ4n) is 0.723. The molecule has 0 spiro atoms. The SMILES string of the molecule is CC(F)(F)c1csc(CC(=O)O)n1. The smallest absolute Gasteiger partial charge is 0.310 e. The summed E-state index contributed by atoms with van der Waals surface area (Å²) >= 11 is 0.933. The fraction of sp³-hybridized carbons (Fsp3) is 0.429. The summed E-state index contributed by atoms with van der Waals surface area (Å²) in [6.07, 6.45) is -0.305. The average Bonchev–Trinajstić information content (AvgIpc) is 2.32. The van der Waals surface area contributed by atoms with Gasteiger partial charge in [-0.15, -0.1) is 11.3 Å². The summed E-state index contributed by atoms with van der Waals surface area (Å²) in [6, 6.07) is 0. The van der Waals surface area contributed by atoms with Crippen molar-refractivity contribution in [1.29, 1.82) is 0 Å². The van der Waals surface area contributed by atoms with Gasteiger partial charge in [-0.25, -0.2) is 4.98 Å². The Bertz CT molecular complexity index is 319. The number of carbonyl (C=O) groups is 1. The lowest BCUT2D eigenvalue weighted by atomic mass is 10.3.